The molecule has 0 fully saturated rings. The summed E-state index contributed by atoms with van der Waals surface area (Å²) in [4.78, 5) is 25.1. The molecule has 0 unspecified atom stereocenters. The molecular formula is C15H15ClN2O3. The second-order valence-electron chi connectivity index (χ2n) is 4.65. The molecule has 0 spiro atoms. The molecule has 2 rings (SSSR count). The van der Waals surface area contributed by atoms with E-state index in [1.807, 2.05) is 13.0 Å². The van der Waals surface area contributed by atoms with Gasteiger partial charge in [-0.05, 0) is 36.8 Å². The van der Waals surface area contributed by atoms with Crippen molar-refractivity contribution in [3.63, 3.8) is 0 Å². The molecule has 0 saturated heterocycles. The lowest BCUT2D eigenvalue weighted by molar-refractivity contribution is -0.116. The summed E-state index contributed by atoms with van der Waals surface area (Å²) >= 11 is 5.99. The van der Waals surface area contributed by atoms with Gasteiger partial charge < -0.3 is 14.6 Å². The molecule has 1 aromatic heterocycles. The van der Waals surface area contributed by atoms with Crippen LogP contribution in [0.5, 0.6) is 0 Å². The van der Waals surface area contributed by atoms with E-state index < -0.39 is 0 Å². The van der Waals surface area contributed by atoms with Crippen molar-refractivity contribution in [1.29, 1.82) is 0 Å². The van der Waals surface area contributed by atoms with E-state index in [2.05, 4.69) is 5.32 Å². The third kappa shape index (κ3) is 3.86. The van der Waals surface area contributed by atoms with Crippen LogP contribution in [0.25, 0.3) is 0 Å². The fraction of sp³-hybridized carbons (Fsp3) is 0.200. The van der Waals surface area contributed by atoms with Crippen LogP contribution in [-0.4, -0.2) is 30.3 Å². The first kappa shape index (κ1) is 15.1. The molecule has 6 heteroatoms. The van der Waals surface area contributed by atoms with Gasteiger partial charge in [0.2, 0.25) is 5.91 Å². The van der Waals surface area contributed by atoms with Crippen LogP contribution in [-0.2, 0) is 4.79 Å². The number of hydrogen-bond acceptors (Lipinski definition) is 3. The van der Waals surface area contributed by atoms with Gasteiger partial charge in [-0.2, -0.15) is 0 Å². The Labute approximate surface area is 127 Å². The highest BCUT2D eigenvalue weighted by Crippen LogP contribution is 2.19. The summed E-state index contributed by atoms with van der Waals surface area (Å²) in [6.45, 7) is 1.80. The van der Waals surface area contributed by atoms with E-state index in [0.29, 0.717) is 10.7 Å². The second-order valence-corrected chi connectivity index (χ2v) is 5.06. The van der Waals surface area contributed by atoms with E-state index >= 15 is 0 Å². The van der Waals surface area contributed by atoms with Crippen molar-refractivity contribution in [2.75, 3.05) is 18.9 Å². The molecule has 0 saturated carbocycles. The lowest BCUT2D eigenvalue weighted by Gasteiger charge is -2.15. The lowest BCUT2D eigenvalue weighted by Crippen LogP contribution is -2.34. The number of carbonyl (C=O) groups is 2. The fourth-order valence-electron chi connectivity index (χ4n) is 1.75. The Morgan fingerprint density at radius 1 is 1.33 bits per heavy atom. The third-order valence-corrected chi connectivity index (χ3v) is 3.32. The molecule has 21 heavy (non-hydrogen) atoms. The summed E-state index contributed by atoms with van der Waals surface area (Å²) in [6.07, 6.45) is 1.41. The number of nitrogens with one attached hydrogen (secondary N) is 1. The molecule has 0 aliphatic carbocycles. The van der Waals surface area contributed by atoms with Crippen molar-refractivity contribution in [3.05, 3.63) is 52.9 Å². The normalized spacial score (nSPS) is 10.2. The Balaban J connectivity index is 1.95. The Bertz CT molecular complexity index is 653. The summed E-state index contributed by atoms with van der Waals surface area (Å²) in [5, 5.41) is 3.27. The lowest BCUT2D eigenvalue weighted by atomic mass is 10.2. The Kier molecular flexibility index (Phi) is 4.65. The molecule has 1 heterocycles. The van der Waals surface area contributed by atoms with Crippen LogP contribution in [0, 0.1) is 6.92 Å². The van der Waals surface area contributed by atoms with Gasteiger partial charge in [-0.15, -0.1) is 0 Å². The summed E-state index contributed by atoms with van der Waals surface area (Å²) in [6, 6.07) is 8.41. The zero-order valence-electron chi connectivity index (χ0n) is 11.7. The van der Waals surface area contributed by atoms with Gasteiger partial charge in [-0.1, -0.05) is 17.7 Å². The van der Waals surface area contributed by atoms with E-state index in [1.54, 1.807) is 24.3 Å². The number of nitrogens with zero attached hydrogens (tertiary/aromatic N) is 1. The van der Waals surface area contributed by atoms with Crippen molar-refractivity contribution in [2.24, 2.45) is 0 Å². The zero-order chi connectivity index (χ0) is 15.4. The molecule has 0 aliphatic rings. The molecule has 5 nitrogen and oxygen atoms in total. The average Bonchev–Trinajstić information content (AvgIpc) is 2.96. The van der Waals surface area contributed by atoms with Gasteiger partial charge in [0, 0.05) is 17.8 Å². The SMILES string of the molecule is Cc1ccc(NC(=O)CN(C)C(=O)c2ccco2)cc1Cl. The van der Waals surface area contributed by atoms with E-state index in [1.165, 1.54) is 18.2 Å². The first-order valence-corrected chi connectivity index (χ1v) is 6.70. The van der Waals surface area contributed by atoms with Crippen LogP contribution >= 0.6 is 11.6 Å². The Morgan fingerprint density at radius 2 is 2.10 bits per heavy atom. The smallest absolute Gasteiger partial charge is 0.289 e. The van der Waals surface area contributed by atoms with Crippen molar-refractivity contribution in [2.45, 2.75) is 6.92 Å². The van der Waals surface area contributed by atoms with E-state index in [9.17, 15) is 9.59 Å². The molecule has 2 aromatic rings. The minimum absolute atomic E-state index is 0.0783. The summed E-state index contributed by atoms with van der Waals surface area (Å²) in [5.74, 6) is -0.460. The van der Waals surface area contributed by atoms with Crippen LogP contribution in [0.3, 0.4) is 0 Å². The van der Waals surface area contributed by atoms with Crippen LogP contribution < -0.4 is 5.32 Å². The van der Waals surface area contributed by atoms with Crippen LogP contribution in [0.15, 0.2) is 41.0 Å². The van der Waals surface area contributed by atoms with E-state index in [-0.39, 0.29) is 24.1 Å². The number of aryl methyl sites for hydroxylation is 1. The van der Waals surface area contributed by atoms with Gasteiger partial charge in [-0.25, -0.2) is 0 Å². The number of hydrogen-bond donors (Lipinski definition) is 1. The largest absolute Gasteiger partial charge is 0.459 e. The first-order valence-electron chi connectivity index (χ1n) is 6.32. The number of carbonyl (C=O) groups excluding carboxylic acids is 2. The van der Waals surface area contributed by atoms with Gasteiger partial charge >= 0.3 is 0 Å². The predicted molar refractivity (Wildman–Crippen MR) is 80.5 cm³/mol. The van der Waals surface area contributed by atoms with E-state index in [4.69, 9.17) is 16.0 Å². The van der Waals surface area contributed by atoms with Crippen molar-refractivity contribution >= 4 is 29.1 Å². The predicted octanol–water partition coefficient (Wildman–Crippen LogP) is 2.95. The minimum Gasteiger partial charge on any atom is -0.459 e. The minimum atomic E-state index is -0.350. The number of rotatable bonds is 4. The highest BCUT2D eigenvalue weighted by molar-refractivity contribution is 6.31. The van der Waals surface area contributed by atoms with Gasteiger partial charge in [-0.3, -0.25) is 9.59 Å². The molecule has 1 N–H and O–H groups in total. The van der Waals surface area contributed by atoms with Crippen LogP contribution in [0.4, 0.5) is 5.69 Å². The average molecular weight is 307 g/mol. The molecule has 110 valence electrons. The summed E-state index contributed by atoms with van der Waals surface area (Å²) in [7, 11) is 1.53. The molecular weight excluding hydrogens is 292 g/mol. The van der Waals surface area contributed by atoms with Gasteiger partial charge in [0.05, 0.1) is 12.8 Å². The number of furan rings is 1. The molecule has 1 aromatic carbocycles. The Hall–Kier alpha value is -2.27. The quantitative estimate of drug-likeness (QED) is 0.944. The Morgan fingerprint density at radius 3 is 2.71 bits per heavy atom. The second kappa shape index (κ2) is 6.45. The topological polar surface area (TPSA) is 62.6 Å². The maximum atomic E-state index is 11.9. The number of halogens is 1. The van der Waals surface area contributed by atoms with Gasteiger partial charge in [0.15, 0.2) is 5.76 Å². The molecule has 0 bridgehead atoms. The van der Waals surface area contributed by atoms with E-state index in [0.717, 1.165) is 5.56 Å². The highest BCUT2D eigenvalue weighted by Gasteiger charge is 2.17. The summed E-state index contributed by atoms with van der Waals surface area (Å²) in [5.41, 5.74) is 1.52. The first-order chi connectivity index (χ1) is 9.97. The number of anilines is 1. The highest BCUT2D eigenvalue weighted by atomic mass is 35.5. The molecule has 0 radical (unpaired) electrons. The van der Waals surface area contributed by atoms with Crippen molar-refractivity contribution in [3.8, 4) is 0 Å². The molecule has 2 amide bonds. The number of benzene rings is 1. The van der Waals surface area contributed by atoms with Crippen molar-refractivity contribution in [1.82, 2.24) is 4.90 Å². The maximum Gasteiger partial charge on any atom is 0.289 e. The third-order valence-electron chi connectivity index (χ3n) is 2.92. The number of likely N-dealkylation sites (N-methyl/N-ethyl adjacent to an activating group) is 1. The van der Waals surface area contributed by atoms with Crippen molar-refractivity contribution < 1.29 is 14.0 Å². The standard InChI is InChI=1S/C15H15ClN2O3/c1-10-5-6-11(8-12(10)16)17-14(19)9-18(2)15(20)13-4-3-7-21-13/h3-8H,9H2,1-2H3,(H,17,19). The monoisotopic (exact) mass is 306 g/mol. The molecule has 0 atom stereocenters. The van der Waals surface area contributed by atoms with Crippen LogP contribution in [0.2, 0.25) is 5.02 Å². The van der Waals surface area contributed by atoms with Crippen LogP contribution in [0.1, 0.15) is 16.1 Å². The molecule has 0 aliphatic heterocycles. The van der Waals surface area contributed by atoms with Gasteiger partial charge in [0.25, 0.3) is 5.91 Å². The van der Waals surface area contributed by atoms with Gasteiger partial charge in [0.1, 0.15) is 0 Å². The number of amides is 2. The summed E-state index contributed by atoms with van der Waals surface area (Å²) < 4.78 is 5.00. The zero-order valence-corrected chi connectivity index (χ0v) is 12.5. The maximum absolute atomic E-state index is 11.9. The fourth-order valence-corrected chi connectivity index (χ4v) is 1.93.